The molecule has 2 nitrogen and oxygen atoms in total. The molecule has 0 saturated carbocycles. The molecule has 0 atom stereocenters. The van der Waals surface area contributed by atoms with Crippen molar-refractivity contribution in [2.45, 2.75) is 53.5 Å². The standard InChI is InChI=1S/C15H26N2/c1-13(2)8-7-12(9-17-11-13)14(3,4)10-15(5,6)16/h7-9,11H,10,16H2,1-6H3. The van der Waals surface area contributed by atoms with Crippen LogP contribution in [0.4, 0.5) is 0 Å². The fourth-order valence-corrected chi connectivity index (χ4v) is 2.34. The minimum atomic E-state index is -0.163. The summed E-state index contributed by atoms with van der Waals surface area (Å²) in [4.78, 5) is 4.41. The number of aliphatic imine (C=N–C) groups is 1. The lowest BCUT2D eigenvalue weighted by Gasteiger charge is -2.33. The van der Waals surface area contributed by atoms with Crippen LogP contribution in [0.2, 0.25) is 0 Å². The minimum Gasteiger partial charge on any atom is -0.326 e. The van der Waals surface area contributed by atoms with Gasteiger partial charge in [0.05, 0.1) is 0 Å². The molecule has 1 aliphatic rings. The third-order valence-corrected chi connectivity index (χ3v) is 2.99. The van der Waals surface area contributed by atoms with Crippen molar-refractivity contribution in [2.24, 2.45) is 21.6 Å². The molecule has 0 aromatic rings. The van der Waals surface area contributed by atoms with Crippen molar-refractivity contribution in [3.05, 3.63) is 23.9 Å². The molecule has 2 N–H and O–H groups in total. The van der Waals surface area contributed by atoms with E-state index in [2.05, 4.69) is 58.7 Å². The van der Waals surface area contributed by atoms with E-state index in [9.17, 15) is 0 Å². The normalized spacial score (nSPS) is 20.1. The van der Waals surface area contributed by atoms with Crippen molar-refractivity contribution in [3.63, 3.8) is 0 Å². The predicted molar refractivity (Wildman–Crippen MR) is 76.2 cm³/mol. The molecule has 0 unspecified atom stereocenters. The maximum atomic E-state index is 6.13. The topological polar surface area (TPSA) is 38.4 Å². The van der Waals surface area contributed by atoms with E-state index in [1.807, 2.05) is 12.4 Å². The Morgan fingerprint density at radius 1 is 1.24 bits per heavy atom. The van der Waals surface area contributed by atoms with Crippen LogP contribution in [0.25, 0.3) is 0 Å². The van der Waals surface area contributed by atoms with Crippen LogP contribution in [-0.2, 0) is 0 Å². The van der Waals surface area contributed by atoms with Crippen LogP contribution in [0.3, 0.4) is 0 Å². The Bertz CT molecular complexity index is 363. The third kappa shape index (κ3) is 4.47. The summed E-state index contributed by atoms with van der Waals surface area (Å²) in [5.41, 5.74) is 7.30. The summed E-state index contributed by atoms with van der Waals surface area (Å²) in [6.45, 7) is 12.9. The van der Waals surface area contributed by atoms with Gasteiger partial charge in [0, 0.05) is 23.4 Å². The Labute approximate surface area is 106 Å². The summed E-state index contributed by atoms with van der Waals surface area (Å²) >= 11 is 0. The van der Waals surface area contributed by atoms with Crippen molar-refractivity contribution >= 4 is 6.21 Å². The van der Waals surface area contributed by atoms with Gasteiger partial charge in [0.1, 0.15) is 0 Å². The Kier molecular flexibility index (Phi) is 3.68. The van der Waals surface area contributed by atoms with Crippen molar-refractivity contribution < 1.29 is 0 Å². The summed E-state index contributed by atoms with van der Waals surface area (Å²) in [6.07, 6.45) is 9.29. The predicted octanol–water partition coefficient (Wildman–Crippen LogP) is 3.69. The Morgan fingerprint density at radius 2 is 1.82 bits per heavy atom. The first-order chi connectivity index (χ1) is 7.52. The van der Waals surface area contributed by atoms with Crippen LogP contribution >= 0.6 is 0 Å². The molecule has 0 aromatic carbocycles. The summed E-state index contributed by atoms with van der Waals surface area (Å²) < 4.78 is 0. The molecule has 1 aliphatic heterocycles. The monoisotopic (exact) mass is 234 g/mol. The zero-order chi connectivity index (χ0) is 13.3. The van der Waals surface area contributed by atoms with Crippen molar-refractivity contribution in [3.8, 4) is 0 Å². The average molecular weight is 234 g/mol. The lowest BCUT2D eigenvalue weighted by molar-refractivity contribution is 0.311. The van der Waals surface area contributed by atoms with Crippen LogP contribution in [0, 0.1) is 10.8 Å². The zero-order valence-electron chi connectivity index (χ0n) is 12.0. The number of nitrogens with two attached hydrogens (primary N) is 1. The molecule has 2 heteroatoms. The van der Waals surface area contributed by atoms with Crippen LogP contribution in [-0.4, -0.2) is 11.8 Å². The summed E-state index contributed by atoms with van der Waals surface area (Å²) in [5, 5.41) is 0. The van der Waals surface area contributed by atoms with Gasteiger partial charge in [-0.25, -0.2) is 0 Å². The Hall–Kier alpha value is -0.890. The Morgan fingerprint density at radius 3 is 2.35 bits per heavy atom. The molecule has 0 aromatic heterocycles. The largest absolute Gasteiger partial charge is 0.326 e. The molecule has 1 rings (SSSR count). The second-order valence-corrected chi connectivity index (χ2v) is 7.07. The maximum Gasteiger partial charge on any atom is 0.0301 e. The lowest BCUT2D eigenvalue weighted by Crippen LogP contribution is -2.37. The number of rotatable bonds is 3. The second kappa shape index (κ2) is 4.41. The van der Waals surface area contributed by atoms with Gasteiger partial charge in [-0.2, -0.15) is 0 Å². The summed E-state index contributed by atoms with van der Waals surface area (Å²) in [7, 11) is 0. The maximum absolute atomic E-state index is 6.13. The molecule has 0 radical (unpaired) electrons. The van der Waals surface area contributed by atoms with E-state index in [0.29, 0.717) is 0 Å². The highest BCUT2D eigenvalue weighted by Crippen LogP contribution is 2.36. The molecule has 96 valence electrons. The fraction of sp³-hybridized carbons (Fsp3) is 0.667. The van der Waals surface area contributed by atoms with Crippen LogP contribution in [0.15, 0.2) is 28.9 Å². The summed E-state index contributed by atoms with van der Waals surface area (Å²) in [6, 6.07) is 0. The second-order valence-electron chi connectivity index (χ2n) is 7.07. The number of hydrogen-bond acceptors (Lipinski definition) is 2. The van der Waals surface area contributed by atoms with Gasteiger partial charge in [-0.3, -0.25) is 4.99 Å². The minimum absolute atomic E-state index is 0.0343. The number of allylic oxidation sites excluding steroid dienone is 3. The van der Waals surface area contributed by atoms with Gasteiger partial charge in [0.2, 0.25) is 0 Å². The third-order valence-electron chi connectivity index (χ3n) is 2.99. The van der Waals surface area contributed by atoms with E-state index in [1.165, 1.54) is 5.57 Å². The lowest BCUT2D eigenvalue weighted by atomic mass is 9.75. The molecule has 0 fully saturated rings. The molecule has 17 heavy (non-hydrogen) atoms. The molecule has 0 saturated heterocycles. The van der Waals surface area contributed by atoms with Crippen molar-refractivity contribution in [1.82, 2.24) is 0 Å². The summed E-state index contributed by atoms with van der Waals surface area (Å²) in [5.74, 6) is 0. The first-order valence-electron chi connectivity index (χ1n) is 6.25. The van der Waals surface area contributed by atoms with E-state index < -0.39 is 0 Å². The van der Waals surface area contributed by atoms with Crippen LogP contribution < -0.4 is 5.73 Å². The zero-order valence-corrected chi connectivity index (χ0v) is 12.0. The van der Waals surface area contributed by atoms with Crippen LogP contribution in [0.1, 0.15) is 48.0 Å². The molecule has 0 bridgehead atoms. The molecule has 1 heterocycles. The number of nitrogens with zero attached hydrogens (tertiary/aromatic N) is 1. The van der Waals surface area contributed by atoms with Gasteiger partial charge in [0.25, 0.3) is 0 Å². The van der Waals surface area contributed by atoms with E-state index >= 15 is 0 Å². The van der Waals surface area contributed by atoms with E-state index in [0.717, 1.165) is 6.42 Å². The fourth-order valence-electron chi connectivity index (χ4n) is 2.34. The molecular formula is C15H26N2. The first kappa shape index (κ1) is 14.2. The number of hydrogen-bond donors (Lipinski definition) is 1. The highest BCUT2D eigenvalue weighted by atomic mass is 14.7. The molecule has 0 amide bonds. The highest BCUT2D eigenvalue weighted by molar-refractivity contribution is 5.69. The molecule has 0 spiro atoms. The van der Waals surface area contributed by atoms with Gasteiger partial charge < -0.3 is 5.73 Å². The van der Waals surface area contributed by atoms with Gasteiger partial charge >= 0.3 is 0 Å². The van der Waals surface area contributed by atoms with E-state index in [4.69, 9.17) is 5.73 Å². The van der Waals surface area contributed by atoms with Crippen molar-refractivity contribution in [2.75, 3.05) is 0 Å². The van der Waals surface area contributed by atoms with Crippen LogP contribution in [0.5, 0.6) is 0 Å². The Balaban J connectivity index is 2.94. The van der Waals surface area contributed by atoms with E-state index in [-0.39, 0.29) is 16.4 Å². The average Bonchev–Trinajstić information content (AvgIpc) is 2.21. The molecule has 0 aliphatic carbocycles. The highest BCUT2D eigenvalue weighted by Gasteiger charge is 2.29. The SMILES string of the molecule is CC1(C)C=CC(C(C)(C)CC(C)(C)N)=CN=C1. The van der Waals surface area contributed by atoms with Crippen molar-refractivity contribution in [1.29, 1.82) is 0 Å². The van der Waals surface area contributed by atoms with Gasteiger partial charge in [0.15, 0.2) is 0 Å². The first-order valence-corrected chi connectivity index (χ1v) is 6.25. The smallest absolute Gasteiger partial charge is 0.0301 e. The van der Waals surface area contributed by atoms with Gasteiger partial charge in [-0.15, -0.1) is 0 Å². The van der Waals surface area contributed by atoms with E-state index in [1.54, 1.807) is 0 Å². The van der Waals surface area contributed by atoms with Gasteiger partial charge in [-0.1, -0.05) is 39.8 Å². The van der Waals surface area contributed by atoms with Gasteiger partial charge in [-0.05, 0) is 31.3 Å². The molecular weight excluding hydrogens is 208 g/mol. The quantitative estimate of drug-likeness (QED) is 0.794.